The van der Waals surface area contributed by atoms with E-state index in [9.17, 15) is 0 Å². The van der Waals surface area contributed by atoms with Crippen LogP contribution < -0.4 is 11.3 Å². The smallest absolute Gasteiger partial charge is 0.0725 e. The molecule has 2 aromatic rings. The van der Waals surface area contributed by atoms with Crippen LogP contribution in [0.4, 0.5) is 0 Å². The summed E-state index contributed by atoms with van der Waals surface area (Å²) in [5.74, 6) is 5.62. The van der Waals surface area contributed by atoms with Crippen molar-refractivity contribution in [3.8, 4) is 0 Å². The van der Waals surface area contributed by atoms with Crippen molar-refractivity contribution in [2.75, 3.05) is 0 Å². The number of hydrazine groups is 1. The lowest BCUT2D eigenvalue weighted by atomic mass is 9.99. The van der Waals surface area contributed by atoms with Gasteiger partial charge in [-0.15, -0.1) is 0 Å². The van der Waals surface area contributed by atoms with Gasteiger partial charge in [-0.1, -0.05) is 52.5 Å². The summed E-state index contributed by atoms with van der Waals surface area (Å²) in [5, 5.41) is 2.15. The maximum atomic E-state index is 6.19. The van der Waals surface area contributed by atoms with E-state index in [-0.39, 0.29) is 6.04 Å². The van der Waals surface area contributed by atoms with Gasteiger partial charge in [0, 0.05) is 20.1 Å². The molecule has 0 aromatic heterocycles. The molecule has 0 aliphatic rings. The summed E-state index contributed by atoms with van der Waals surface area (Å²) in [7, 11) is 0. The molecule has 2 rings (SSSR count). The fourth-order valence-electron chi connectivity index (χ4n) is 1.84. The fraction of sp³-hybridized carbons (Fsp3) is 0.0769. The summed E-state index contributed by atoms with van der Waals surface area (Å²) < 4.78 is 0. The molecule has 0 radical (unpaired) electrons. The standard InChI is InChI=1S/C13H10Cl4N2/c14-8-1-2-11(12(17)6-8)13(19-18)7-3-9(15)5-10(16)4-7/h1-6,13,19H,18H2. The summed E-state index contributed by atoms with van der Waals surface area (Å²) >= 11 is 24.1. The molecule has 2 aromatic carbocycles. The Hall–Kier alpha value is -0.480. The number of nitrogens with one attached hydrogen (secondary N) is 1. The lowest BCUT2D eigenvalue weighted by Crippen LogP contribution is -2.29. The molecule has 1 atom stereocenters. The Bertz CT molecular complexity index is 581. The molecule has 0 amide bonds. The molecule has 100 valence electrons. The van der Waals surface area contributed by atoms with E-state index in [1.54, 1.807) is 30.3 Å². The van der Waals surface area contributed by atoms with Gasteiger partial charge in [0.05, 0.1) is 6.04 Å². The second-order valence-corrected chi connectivity index (χ2v) is 5.68. The third-order valence-electron chi connectivity index (χ3n) is 2.66. The van der Waals surface area contributed by atoms with E-state index in [0.29, 0.717) is 20.1 Å². The van der Waals surface area contributed by atoms with Gasteiger partial charge in [-0.2, -0.15) is 0 Å². The lowest BCUT2D eigenvalue weighted by Gasteiger charge is -2.19. The number of hydrogen-bond donors (Lipinski definition) is 2. The summed E-state index contributed by atoms with van der Waals surface area (Å²) in [5.41, 5.74) is 4.33. The lowest BCUT2D eigenvalue weighted by molar-refractivity contribution is 0.637. The fourth-order valence-corrected chi connectivity index (χ4v) is 2.90. The zero-order valence-corrected chi connectivity index (χ0v) is 12.7. The maximum Gasteiger partial charge on any atom is 0.0725 e. The van der Waals surface area contributed by atoms with E-state index in [1.807, 2.05) is 6.07 Å². The molecule has 0 aliphatic carbocycles. The Labute approximate surface area is 131 Å². The summed E-state index contributed by atoms with van der Waals surface area (Å²) in [6, 6.07) is 10.1. The van der Waals surface area contributed by atoms with Crippen molar-refractivity contribution in [1.29, 1.82) is 0 Å². The zero-order chi connectivity index (χ0) is 14.0. The minimum Gasteiger partial charge on any atom is -0.271 e. The van der Waals surface area contributed by atoms with Gasteiger partial charge in [0.25, 0.3) is 0 Å². The van der Waals surface area contributed by atoms with Crippen LogP contribution in [0.2, 0.25) is 20.1 Å². The molecule has 0 spiro atoms. The molecule has 0 fully saturated rings. The SMILES string of the molecule is NNC(c1cc(Cl)cc(Cl)c1)c1ccc(Cl)cc1Cl. The highest BCUT2D eigenvalue weighted by Gasteiger charge is 2.17. The van der Waals surface area contributed by atoms with Crippen LogP contribution in [-0.4, -0.2) is 0 Å². The van der Waals surface area contributed by atoms with Gasteiger partial charge in [-0.05, 0) is 41.5 Å². The number of rotatable bonds is 3. The second-order valence-electron chi connectivity index (χ2n) is 3.97. The monoisotopic (exact) mass is 334 g/mol. The predicted octanol–water partition coefficient (Wildman–Crippen LogP) is 4.85. The minimum atomic E-state index is -0.319. The number of hydrogen-bond acceptors (Lipinski definition) is 2. The van der Waals surface area contributed by atoms with Crippen LogP contribution in [0.5, 0.6) is 0 Å². The average Bonchev–Trinajstić information content (AvgIpc) is 2.31. The third-order valence-corrected chi connectivity index (χ3v) is 3.66. The first kappa shape index (κ1) is 14.9. The van der Waals surface area contributed by atoms with E-state index in [2.05, 4.69) is 5.43 Å². The molecule has 2 nitrogen and oxygen atoms in total. The number of benzene rings is 2. The molecule has 0 aliphatic heterocycles. The number of nitrogens with two attached hydrogens (primary N) is 1. The molecule has 1 unspecified atom stereocenters. The molecule has 0 saturated carbocycles. The molecule has 0 bridgehead atoms. The van der Waals surface area contributed by atoms with Crippen molar-refractivity contribution in [2.24, 2.45) is 5.84 Å². The van der Waals surface area contributed by atoms with Gasteiger partial charge in [-0.3, -0.25) is 5.84 Å². The molecule has 0 saturated heterocycles. The van der Waals surface area contributed by atoms with Gasteiger partial charge in [0.1, 0.15) is 0 Å². The Morgan fingerprint density at radius 1 is 0.842 bits per heavy atom. The molecule has 6 heteroatoms. The molecular weight excluding hydrogens is 326 g/mol. The highest BCUT2D eigenvalue weighted by Crippen LogP contribution is 2.32. The minimum absolute atomic E-state index is 0.319. The van der Waals surface area contributed by atoms with Crippen LogP contribution in [0.3, 0.4) is 0 Å². The van der Waals surface area contributed by atoms with E-state index in [4.69, 9.17) is 52.2 Å². The van der Waals surface area contributed by atoms with Gasteiger partial charge < -0.3 is 0 Å². The first-order valence-corrected chi connectivity index (χ1v) is 6.89. The third kappa shape index (κ3) is 3.54. The highest BCUT2D eigenvalue weighted by atomic mass is 35.5. The average molecular weight is 336 g/mol. The quantitative estimate of drug-likeness (QED) is 0.621. The normalized spacial score (nSPS) is 12.5. The summed E-state index contributed by atoms with van der Waals surface area (Å²) in [4.78, 5) is 0. The van der Waals surface area contributed by atoms with Crippen molar-refractivity contribution in [1.82, 2.24) is 5.43 Å². The molecule has 0 heterocycles. The van der Waals surface area contributed by atoms with Crippen LogP contribution in [0, 0.1) is 0 Å². The van der Waals surface area contributed by atoms with Crippen LogP contribution in [0.15, 0.2) is 36.4 Å². The van der Waals surface area contributed by atoms with E-state index in [1.165, 1.54) is 0 Å². The molecule has 3 N–H and O–H groups in total. The van der Waals surface area contributed by atoms with Gasteiger partial charge in [0.15, 0.2) is 0 Å². The molecular formula is C13H10Cl4N2. The zero-order valence-electron chi connectivity index (χ0n) is 9.63. The van der Waals surface area contributed by atoms with Gasteiger partial charge in [0.2, 0.25) is 0 Å². The van der Waals surface area contributed by atoms with Gasteiger partial charge >= 0.3 is 0 Å². The van der Waals surface area contributed by atoms with Crippen molar-refractivity contribution in [3.05, 3.63) is 67.6 Å². The Kier molecular flexibility index (Phi) is 4.96. The highest BCUT2D eigenvalue weighted by molar-refractivity contribution is 6.35. The maximum absolute atomic E-state index is 6.19. The van der Waals surface area contributed by atoms with Crippen molar-refractivity contribution in [2.45, 2.75) is 6.04 Å². The first-order chi connectivity index (χ1) is 9.01. The Morgan fingerprint density at radius 2 is 1.47 bits per heavy atom. The van der Waals surface area contributed by atoms with Crippen molar-refractivity contribution in [3.63, 3.8) is 0 Å². The van der Waals surface area contributed by atoms with Crippen LogP contribution >= 0.6 is 46.4 Å². The van der Waals surface area contributed by atoms with Crippen LogP contribution in [-0.2, 0) is 0 Å². The first-order valence-electron chi connectivity index (χ1n) is 5.38. The summed E-state index contributed by atoms with van der Waals surface area (Å²) in [6.07, 6.45) is 0. The van der Waals surface area contributed by atoms with E-state index < -0.39 is 0 Å². The second kappa shape index (κ2) is 6.31. The van der Waals surface area contributed by atoms with Crippen molar-refractivity contribution < 1.29 is 0 Å². The molecule has 19 heavy (non-hydrogen) atoms. The van der Waals surface area contributed by atoms with E-state index in [0.717, 1.165) is 11.1 Å². The topological polar surface area (TPSA) is 38.0 Å². The predicted molar refractivity (Wildman–Crippen MR) is 82.1 cm³/mol. The van der Waals surface area contributed by atoms with E-state index >= 15 is 0 Å². The summed E-state index contributed by atoms with van der Waals surface area (Å²) in [6.45, 7) is 0. The van der Waals surface area contributed by atoms with Crippen LogP contribution in [0.25, 0.3) is 0 Å². The van der Waals surface area contributed by atoms with Crippen molar-refractivity contribution >= 4 is 46.4 Å². The Balaban J connectivity index is 2.49. The Morgan fingerprint density at radius 3 is 2.00 bits per heavy atom. The van der Waals surface area contributed by atoms with Crippen LogP contribution in [0.1, 0.15) is 17.2 Å². The largest absolute Gasteiger partial charge is 0.271 e. The van der Waals surface area contributed by atoms with Gasteiger partial charge in [-0.25, -0.2) is 5.43 Å². The number of halogens is 4.